The van der Waals surface area contributed by atoms with E-state index in [2.05, 4.69) is 25.5 Å². The number of pyridine rings is 2. The highest BCUT2D eigenvalue weighted by Crippen LogP contribution is 2.35. The van der Waals surface area contributed by atoms with Crippen molar-refractivity contribution in [1.29, 1.82) is 0 Å². The summed E-state index contributed by atoms with van der Waals surface area (Å²) in [6, 6.07) is 7.67. The summed E-state index contributed by atoms with van der Waals surface area (Å²) in [5.41, 5.74) is 2.31. The number of piperazine rings is 1. The van der Waals surface area contributed by atoms with Gasteiger partial charge in [-0.25, -0.2) is 9.97 Å². The Labute approximate surface area is 342 Å². The number of aromatic nitrogens is 4. The number of anilines is 3. The summed E-state index contributed by atoms with van der Waals surface area (Å²) in [7, 11) is 0. The van der Waals surface area contributed by atoms with Crippen LogP contribution in [0.15, 0.2) is 52.4 Å². The van der Waals surface area contributed by atoms with Crippen LogP contribution in [0.1, 0.15) is 88.1 Å². The molecular weight excluding hydrogens is 779 g/mol. The number of nitrogens with one attached hydrogen (secondary N) is 2. The minimum Gasteiger partial charge on any atom is -0.371 e. The van der Waals surface area contributed by atoms with Gasteiger partial charge in [-0.2, -0.15) is 4.98 Å². The first-order chi connectivity index (χ1) is 28.5. The predicted octanol–water partition coefficient (Wildman–Crippen LogP) is 3.41. The van der Waals surface area contributed by atoms with Gasteiger partial charge in [-0.15, -0.1) is 11.8 Å². The summed E-state index contributed by atoms with van der Waals surface area (Å²) < 4.78 is 7.38. The van der Waals surface area contributed by atoms with Gasteiger partial charge in [0.05, 0.1) is 35.2 Å². The molecule has 1 atom stereocenters. The Morgan fingerprint density at radius 2 is 1.73 bits per heavy atom. The molecule has 17 nitrogen and oxygen atoms in total. The largest absolute Gasteiger partial charge is 0.371 e. The number of amides is 5. The Morgan fingerprint density at radius 3 is 2.44 bits per heavy atom. The lowest BCUT2D eigenvalue weighted by molar-refractivity contribution is -0.137. The number of aryl methyl sites for hydroxylation is 1. The van der Waals surface area contributed by atoms with Crippen molar-refractivity contribution < 1.29 is 33.5 Å². The maximum Gasteiger partial charge on any atom is 0.263 e. The van der Waals surface area contributed by atoms with Gasteiger partial charge in [-0.3, -0.25) is 48.3 Å². The Hall–Kier alpha value is -6.01. The van der Waals surface area contributed by atoms with Crippen LogP contribution in [-0.2, 0) is 19.1 Å². The van der Waals surface area contributed by atoms with Gasteiger partial charge in [0.1, 0.15) is 24.1 Å². The first-order valence-corrected chi connectivity index (χ1v) is 20.7. The van der Waals surface area contributed by atoms with E-state index in [9.17, 15) is 33.6 Å². The Morgan fingerprint density at radius 1 is 0.949 bits per heavy atom. The molecule has 2 N–H and O–H groups in total. The zero-order valence-corrected chi connectivity index (χ0v) is 33.5. The third-order valence-electron chi connectivity index (χ3n) is 11.4. The lowest BCUT2D eigenvalue weighted by atomic mass is 10.0. The molecule has 2 saturated heterocycles. The fraction of sp³-hybridized carbons (Fsp3) is 0.415. The van der Waals surface area contributed by atoms with Gasteiger partial charge in [-0.1, -0.05) is 18.9 Å². The van der Waals surface area contributed by atoms with E-state index in [4.69, 9.17) is 9.72 Å². The third kappa shape index (κ3) is 7.81. The average molecular weight is 822 g/mol. The highest BCUT2D eigenvalue weighted by atomic mass is 32.2. The Kier molecular flexibility index (Phi) is 11.3. The third-order valence-corrected chi connectivity index (χ3v) is 12.4. The first-order valence-electron chi connectivity index (χ1n) is 19.7. The van der Waals surface area contributed by atoms with E-state index in [0.717, 1.165) is 36.3 Å². The van der Waals surface area contributed by atoms with Crippen LogP contribution >= 0.6 is 11.8 Å². The van der Waals surface area contributed by atoms with E-state index in [1.807, 2.05) is 12.1 Å². The number of imide groups is 2. The summed E-state index contributed by atoms with van der Waals surface area (Å²) >= 11 is 1.32. The molecule has 4 aliphatic rings. The van der Waals surface area contributed by atoms with Crippen molar-refractivity contribution in [3.05, 3.63) is 75.3 Å². The molecule has 8 rings (SSSR count). The van der Waals surface area contributed by atoms with Gasteiger partial charge in [-0.05, 0) is 62.9 Å². The Balaban J connectivity index is 0.812. The fourth-order valence-corrected chi connectivity index (χ4v) is 9.29. The van der Waals surface area contributed by atoms with Gasteiger partial charge in [0.15, 0.2) is 5.78 Å². The number of Topliss-reactive ketones (excluding diaryl/α,β-unsaturated/α-hetero) is 1. The van der Waals surface area contributed by atoms with Crippen molar-refractivity contribution in [2.24, 2.45) is 0 Å². The molecule has 0 bridgehead atoms. The van der Waals surface area contributed by atoms with Crippen LogP contribution in [0.4, 0.5) is 17.5 Å². The van der Waals surface area contributed by atoms with Gasteiger partial charge in [0.25, 0.3) is 17.4 Å². The summed E-state index contributed by atoms with van der Waals surface area (Å²) in [4.78, 5) is 109. The number of ether oxygens (including phenoxy) is 1. The van der Waals surface area contributed by atoms with Crippen molar-refractivity contribution in [2.45, 2.75) is 69.4 Å². The maximum atomic E-state index is 13.5. The molecule has 1 unspecified atom stereocenters. The minimum atomic E-state index is -1.04. The maximum absolute atomic E-state index is 13.5. The summed E-state index contributed by atoms with van der Waals surface area (Å²) in [6.45, 7) is 5.53. The molecule has 306 valence electrons. The molecule has 1 aliphatic carbocycles. The second kappa shape index (κ2) is 16.7. The first kappa shape index (κ1) is 39.8. The zero-order chi connectivity index (χ0) is 41.4. The summed E-state index contributed by atoms with van der Waals surface area (Å²) in [5.74, 6) is -1.37. The van der Waals surface area contributed by atoms with Crippen LogP contribution in [0.3, 0.4) is 0 Å². The van der Waals surface area contributed by atoms with E-state index in [1.54, 1.807) is 47.0 Å². The normalized spacial score (nSPS) is 18.5. The SMILES string of the molecule is CC(=O)c1c(C)c2cnc(Nc3ccc(N4CCN(C(=O)COCCSc5cccc6c5C(=O)N(C5CCC(=O)NC5=O)C6=O)CC4)cn3)nc2n(C2CCCC2)c1=O. The van der Waals surface area contributed by atoms with E-state index in [1.165, 1.54) is 18.7 Å². The fourth-order valence-electron chi connectivity index (χ4n) is 8.35. The molecule has 3 aromatic heterocycles. The number of hydrogen-bond acceptors (Lipinski definition) is 14. The van der Waals surface area contributed by atoms with Crippen LogP contribution < -0.4 is 21.1 Å². The molecule has 3 fully saturated rings. The van der Waals surface area contributed by atoms with E-state index < -0.39 is 29.7 Å². The van der Waals surface area contributed by atoms with Crippen molar-refractivity contribution >= 4 is 75.6 Å². The van der Waals surface area contributed by atoms with Crippen molar-refractivity contribution in [2.75, 3.05) is 55.4 Å². The molecule has 6 heterocycles. The van der Waals surface area contributed by atoms with Gasteiger partial charge >= 0.3 is 0 Å². The monoisotopic (exact) mass is 821 g/mol. The zero-order valence-electron chi connectivity index (χ0n) is 32.7. The average Bonchev–Trinajstić information content (AvgIpc) is 3.84. The molecule has 1 aromatic carbocycles. The van der Waals surface area contributed by atoms with Crippen LogP contribution in [0, 0.1) is 6.92 Å². The molecular formula is C41H43N9O8S. The molecule has 0 radical (unpaired) electrons. The lowest BCUT2D eigenvalue weighted by Crippen LogP contribution is -2.54. The number of carbonyl (C=O) groups is 6. The molecule has 18 heteroatoms. The van der Waals surface area contributed by atoms with Crippen molar-refractivity contribution in [3.63, 3.8) is 0 Å². The lowest BCUT2D eigenvalue weighted by Gasteiger charge is -2.36. The number of carbonyl (C=O) groups excluding carboxylic acids is 6. The molecule has 3 aliphatic heterocycles. The standard InChI is InChI=1S/C41H43N9O8S/c1-23-28-21-43-41(46-36(28)49(25-6-3-4-7-25)39(56)34(23)24(2)51)44-31-12-10-26(20-42-31)47-14-16-48(17-15-47)33(53)22-58-18-19-59-30-9-5-8-27-35(30)40(57)50(38(27)55)29-11-13-32(52)45-37(29)54/h5,8-10,12,20-21,25,29H,3-4,6-7,11,13-19,22H2,1-2H3,(H,45,52,54)(H,42,43,44,46). The molecule has 1 saturated carbocycles. The number of rotatable bonds is 12. The smallest absolute Gasteiger partial charge is 0.263 e. The van der Waals surface area contributed by atoms with Crippen LogP contribution in [-0.4, -0.2) is 116 Å². The number of fused-ring (bicyclic) bond motifs is 2. The summed E-state index contributed by atoms with van der Waals surface area (Å²) in [6.07, 6.45) is 7.27. The minimum absolute atomic E-state index is 0.0225. The van der Waals surface area contributed by atoms with Crippen LogP contribution in [0.5, 0.6) is 0 Å². The number of ketones is 1. The number of benzene rings is 1. The molecule has 0 spiro atoms. The highest BCUT2D eigenvalue weighted by Gasteiger charge is 2.45. The van der Waals surface area contributed by atoms with Crippen LogP contribution in [0.25, 0.3) is 11.0 Å². The second-order valence-corrected chi connectivity index (χ2v) is 16.2. The molecule has 4 aromatic rings. The van der Waals surface area contributed by atoms with E-state index >= 15 is 0 Å². The van der Waals surface area contributed by atoms with Crippen molar-refractivity contribution in [1.82, 2.24) is 34.6 Å². The number of piperidine rings is 1. The quantitative estimate of drug-likeness (QED) is 0.0910. The number of thioether (sulfide) groups is 1. The second-order valence-electron chi connectivity index (χ2n) is 15.0. The van der Waals surface area contributed by atoms with Gasteiger partial charge in [0.2, 0.25) is 23.7 Å². The molecule has 5 amide bonds. The summed E-state index contributed by atoms with van der Waals surface area (Å²) in [5, 5.41) is 6.03. The topological polar surface area (TPSA) is 206 Å². The van der Waals surface area contributed by atoms with Gasteiger partial charge in [0, 0.05) is 60.9 Å². The van der Waals surface area contributed by atoms with Crippen molar-refractivity contribution in [3.8, 4) is 0 Å². The van der Waals surface area contributed by atoms with E-state index in [0.29, 0.717) is 65.2 Å². The Bertz CT molecular complexity index is 2440. The highest BCUT2D eigenvalue weighted by molar-refractivity contribution is 7.99. The van der Waals surface area contributed by atoms with Gasteiger partial charge < -0.3 is 19.9 Å². The van der Waals surface area contributed by atoms with Crippen LogP contribution in [0.2, 0.25) is 0 Å². The molecule has 59 heavy (non-hydrogen) atoms. The number of hydrogen-bond donors (Lipinski definition) is 2. The van der Waals surface area contributed by atoms with E-state index in [-0.39, 0.29) is 66.0 Å². The predicted molar refractivity (Wildman–Crippen MR) is 217 cm³/mol. The number of nitrogens with zero attached hydrogens (tertiary/aromatic N) is 7.